The lowest BCUT2D eigenvalue weighted by molar-refractivity contribution is 0.451. The average Bonchev–Trinajstić information content (AvgIpc) is 1.46. The molecule has 10 aromatic carbocycles. The van der Waals surface area contributed by atoms with Crippen LogP contribution in [0.3, 0.4) is 0 Å². The van der Waals surface area contributed by atoms with Crippen molar-refractivity contribution in [2.75, 3.05) is 0 Å². The van der Waals surface area contributed by atoms with Gasteiger partial charge in [0, 0.05) is 124 Å². The number of nitrogens with zero attached hydrogens (tertiary/aromatic N) is 6. The number of benzene rings is 10. The number of rotatable bonds is 13. The second kappa shape index (κ2) is 16.8. The molecule has 14 nitrogen and oxygen atoms in total. The highest BCUT2D eigenvalue weighted by Gasteiger charge is 2.35. The lowest BCUT2D eigenvalue weighted by atomic mass is 9.79. The van der Waals surface area contributed by atoms with E-state index in [-0.39, 0.29) is 34.3 Å². The number of fused-ring (bicyclic) bond motifs is 2. The van der Waals surface area contributed by atoms with Crippen LogP contribution in [0.15, 0.2) is 99.0 Å². The molecule has 14 heteroatoms. The number of hydrogen-bond acceptors (Lipinski definition) is 8. The molecule has 0 spiro atoms. The average molecular weight is 1110 g/mol. The molecular weight excluding hydrogens is 1050 g/mol. The van der Waals surface area contributed by atoms with Crippen LogP contribution in [0, 0.1) is 0 Å². The summed E-state index contributed by atoms with van der Waals surface area (Å²) in [7, 11) is 3.87. The minimum atomic E-state index is -0.441. The zero-order valence-corrected chi connectivity index (χ0v) is 48.7. The molecule has 0 radical (unpaired) electrons. The van der Waals surface area contributed by atoms with Crippen molar-refractivity contribution in [3.05, 3.63) is 143 Å². The van der Waals surface area contributed by atoms with E-state index in [9.17, 15) is 0 Å². The summed E-state index contributed by atoms with van der Waals surface area (Å²) in [6, 6.07) is 17.4. The van der Waals surface area contributed by atoms with Crippen LogP contribution >= 0.6 is 0 Å². The van der Waals surface area contributed by atoms with Crippen LogP contribution in [0.1, 0.15) is 131 Å². The highest BCUT2D eigenvalue weighted by molar-refractivity contribution is 6.50. The van der Waals surface area contributed by atoms with Crippen LogP contribution < -0.4 is 44.5 Å². The van der Waals surface area contributed by atoms with E-state index in [1.165, 1.54) is 18.3 Å². The summed E-state index contributed by atoms with van der Waals surface area (Å²) in [6.45, 7) is 15.8. The van der Waals surface area contributed by atoms with Gasteiger partial charge in [0.1, 0.15) is 0 Å². The third-order valence-electron chi connectivity index (χ3n) is 20.9. The van der Waals surface area contributed by atoms with Gasteiger partial charge < -0.3 is 9.13 Å². The maximum Gasteiger partial charge on any atom is 0.261 e. The summed E-state index contributed by atoms with van der Waals surface area (Å²) in [5, 5.41) is 13.7. The van der Waals surface area contributed by atoms with E-state index in [1.54, 1.807) is 0 Å². The van der Waals surface area contributed by atoms with Crippen molar-refractivity contribution in [2.45, 2.75) is 131 Å². The smallest absolute Gasteiger partial charge is 0.261 e. The molecule has 84 heavy (non-hydrogen) atoms. The van der Waals surface area contributed by atoms with Crippen molar-refractivity contribution in [1.29, 1.82) is 0 Å². The summed E-state index contributed by atoms with van der Waals surface area (Å²) in [5.74, 6) is 0. The van der Waals surface area contributed by atoms with E-state index in [4.69, 9.17) is 0 Å². The first kappa shape index (κ1) is 50.7. The van der Waals surface area contributed by atoms with Gasteiger partial charge in [0.2, 0.25) is 0 Å². The number of aromatic nitrogens is 6. The Labute approximate surface area is 476 Å². The lowest BCUT2D eigenvalue weighted by Gasteiger charge is -2.24. The second-order valence-corrected chi connectivity index (χ2v) is 24.2. The van der Waals surface area contributed by atoms with Gasteiger partial charge in [-0.1, -0.05) is 67.5 Å². The summed E-state index contributed by atoms with van der Waals surface area (Å²) < 4.78 is 9.73. The van der Waals surface area contributed by atoms with Gasteiger partial charge in [-0.2, -0.15) is 0 Å². The topological polar surface area (TPSA) is 166 Å². The van der Waals surface area contributed by atoms with Crippen molar-refractivity contribution in [1.82, 2.24) is 27.4 Å². The fourth-order valence-electron chi connectivity index (χ4n) is 16.8. The van der Waals surface area contributed by atoms with E-state index in [1.807, 2.05) is 139 Å². The molecule has 0 atom stereocenters. The fraction of sp³-hybridized carbons (Fsp3) is 0.314. The Morgan fingerprint density at radius 2 is 0.464 bits per heavy atom. The maximum atomic E-state index is 15.9. The van der Waals surface area contributed by atoms with Gasteiger partial charge in [-0.05, 0) is 133 Å². The molecule has 0 fully saturated rings. The van der Waals surface area contributed by atoms with Gasteiger partial charge >= 0.3 is 0 Å². The number of aryl methyl sites for hydroxylation is 2. The first-order valence-corrected chi connectivity index (χ1v) is 30.2. The summed E-state index contributed by atoms with van der Waals surface area (Å²) >= 11 is 0. The van der Waals surface area contributed by atoms with Gasteiger partial charge in [-0.15, -0.1) is 0 Å². The standard InChI is InChI=1S/C70H60N6O8/c1-11-29(12-2)73-63(77)35-21-19-33-49-37(23-39-53-43(69(83)75(65(39)79)31(15-5)16-6)27-47-59(61(49)53)57-45(71(47)9)25-41(67(73)81)51(35)55(33)57)38-24-40-54-44(70(84)76(66(40)80)32(17-7)18-8)28-48-60-58-46(72(48)10)26-42-52-36(22-20-34(56(52)58)50(38)62(54)60)64(78)74(68(42)82)30(13-3)14-4/h19-32H,11-18H2,1-10H3. The largest absolute Gasteiger partial charge is 0.344 e. The third kappa shape index (κ3) is 5.55. The van der Waals surface area contributed by atoms with E-state index in [0.29, 0.717) is 181 Å². The molecule has 0 aliphatic rings. The van der Waals surface area contributed by atoms with Gasteiger partial charge in [0.05, 0.1) is 43.6 Å². The van der Waals surface area contributed by atoms with Gasteiger partial charge in [0.15, 0.2) is 0 Å². The van der Waals surface area contributed by atoms with Crippen LogP contribution in [0.2, 0.25) is 0 Å². The van der Waals surface area contributed by atoms with Crippen molar-refractivity contribution in [2.24, 2.45) is 14.1 Å². The number of hydrogen-bond donors (Lipinski definition) is 0. The van der Waals surface area contributed by atoms with Crippen LogP contribution in [0.5, 0.6) is 0 Å². The van der Waals surface area contributed by atoms with Crippen molar-refractivity contribution >= 4 is 151 Å². The monoisotopic (exact) mass is 1110 g/mol. The molecule has 16 rings (SSSR count). The fourth-order valence-corrected chi connectivity index (χ4v) is 16.8. The zero-order chi connectivity index (χ0) is 58.4. The maximum absolute atomic E-state index is 15.9. The highest BCUT2D eigenvalue weighted by Crippen LogP contribution is 2.56. The Hall–Kier alpha value is -9.04. The van der Waals surface area contributed by atoms with Crippen LogP contribution in [-0.4, -0.2) is 27.4 Å². The molecule has 0 saturated heterocycles. The van der Waals surface area contributed by atoms with Crippen LogP contribution in [-0.2, 0) is 14.1 Å². The minimum Gasteiger partial charge on any atom is -0.344 e. The molecule has 418 valence electrons. The molecule has 0 saturated carbocycles. The molecule has 6 heterocycles. The molecule has 0 unspecified atom stereocenters. The molecule has 0 N–H and O–H groups in total. The molecule has 6 aromatic heterocycles. The molecule has 16 aromatic rings. The van der Waals surface area contributed by atoms with Crippen LogP contribution in [0.4, 0.5) is 0 Å². The Morgan fingerprint density at radius 3 is 0.726 bits per heavy atom. The predicted octanol–water partition coefficient (Wildman–Crippen LogP) is 13.2. The van der Waals surface area contributed by atoms with E-state index >= 15 is 38.4 Å². The Morgan fingerprint density at radius 1 is 0.250 bits per heavy atom. The van der Waals surface area contributed by atoms with Crippen molar-refractivity contribution in [3.8, 4) is 11.1 Å². The predicted molar refractivity (Wildman–Crippen MR) is 345 cm³/mol. The summed E-state index contributed by atoms with van der Waals surface area (Å²) in [5.41, 5.74) is 0.848. The van der Waals surface area contributed by atoms with Gasteiger partial charge in [-0.3, -0.25) is 56.6 Å². The zero-order valence-electron chi connectivity index (χ0n) is 48.7. The third-order valence-corrected chi connectivity index (χ3v) is 20.9. The van der Waals surface area contributed by atoms with E-state index in [0.717, 1.165) is 32.6 Å². The van der Waals surface area contributed by atoms with Gasteiger partial charge in [-0.25, -0.2) is 0 Å². The summed E-state index contributed by atoms with van der Waals surface area (Å²) in [4.78, 5) is 123. The Kier molecular flexibility index (Phi) is 10.1. The molecular formula is C70H60N6O8. The SMILES string of the molecule is CCC(CC)n1c(=O)c2ccc3c4c(-c5cc6c(=O)n(C(CC)CC)c(=O)c7cc8c9c(c5c5ccc%10c(=O)n(C(CC)CC)c(=O)c%11cc(c9c5c%10%11)n8C)c67)cc5c(=O)n(C(CC)CC)c(=O)c6cc7c(c4c56)c4c3c2c(cc4n7C)c1=O. The van der Waals surface area contributed by atoms with Crippen molar-refractivity contribution in [3.63, 3.8) is 0 Å². The number of pyridine rings is 4. The Bertz CT molecular complexity index is 5710. The highest BCUT2D eigenvalue weighted by atomic mass is 16.2. The van der Waals surface area contributed by atoms with E-state index in [2.05, 4.69) is 0 Å². The van der Waals surface area contributed by atoms with E-state index < -0.39 is 34.3 Å². The first-order valence-electron chi connectivity index (χ1n) is 30.2. The molecule has 0 amide bonds. The second-order valence-electron chi connectivity index (χ2n) is 24.2. The first-order chi connectivity index (χ1) is 40.6. The molecule has 0 bridgehead atoms. The molecule has 0 aliphatic heterocycles. The minimum absolute atomic E-state index is 0.317. The quantitative estimate of drug-likeness (QED) is 0.0812. The molecule has 0 aliphatic carbocycles. The Balaban J connectivity index is 1.24. The van der Waals surface area contributed by atoms with Gasteiger partial charge in [0.25, 0.3) is 44.5 Å². The van der Waals surface area contributed by atoms with Crippen LogP contribution in [0.25, 0.3) is 162 Å². The van der Waals surface area contributed by atoms with Crippen molar-refractivity contribution < 1.29 is 0 Å². The summed E-state index contributed by atoms with van der Waals surface area (Å²) in [6.07, 6.45) is 4.41. The normalized spacial score (nSPS) is 13.4. The lowest BCUT2D eigenvalue weighted by Crippen LogP contribution is -2.36.